The minimum atomic E-state index is -4.65. The van der Waals surface area contributed by atoms with Gasteiger partial charge in [-0.15, -0.1) is 0 Å². The van der Waals surface area contributed by atoms with Crippen LogP contribution in [-0.4, -0.2) is 45.0 Å². The molecule has 0 radical (unpaired) electrons. The minimum Gasteiger partial charge on any atom is -0.350 e. The predicted molar refractivity (Wildman–Crippen MR) is 116 cm³/mol. The molecule has 0 saturated carbocycles. The number of nitrogens with one attached hydrogen (secondary N) is 3. The van der Waals surface area contributed by atoms with Crippen molar-refractivity contribution in [3.8, 4) is 11.3 Å². The van der Waals surface area contributed by atoms with Crippen LogP contribution in [0.3, 0.4) is 0 Å². The Hall–Kier alpha value is -3.63. The van der Waals surface area contributed by atoms with E-state index in [1.165, 1.54) is 42.2 Å². The van der Waals surface area contributed by atoms with E-state index in [0.29, 0.717) is 17.8 Å². The van der Waals surface area contributed by atoms with Crippen molar-refractivity contribution < 1.29 is 27.2 Å². The SMILES string of the molecule is Cc1cc(NC(=O)[C@@H]2CN(C(=O)c3ccc(-c4c(C(F)(F)F)n[nH]c4C)[nH]3)C[C@@H]2C)ccc1F. The van der Waals surface area contributed by atoms with E-state index in [2.05, 4.69) is 20.5 Å². The van der Waals surface area contributed by atoms with Crippen molar-refractivity contribution in [2.75, 3.05) is 18.4 Å². The fourth-order valence-corrected chi connectivity index (χ4v) is 4.23. The van der Waals surface area contributed by atoms with E-state index in [4.69, 9.17) is 0 Å². The summed E-state index contributed by atoms with van der Waals surface area (Å²) in [5.41, 5.74) is 0.114. The van der Waals surface area contributed by atoms with Gasteiger partial charge in [-0.3, -0.25) is 14.7 Å². The van der Waals surface area contributed by atoms with Gasteiger partial charge in [0.15, 0.2) is 5.69 Å². The molecule has 1 aliphatic rings. The van der Waals surface area contributed by atoms with Crippen molar-refractivity contribution in [3.05, 3.63) is 58.8 Å². The third kappa shape index (κ3) is 4.42. The summed E-state index contributed by atoms with van der Waals surface area (Å²) in [5, 5.41) is 8.45. The third-order valence-corrected chi connectivity index (χ3v) is 6.06. The summed E-state index contributed by atoms with van der Waals surface area (Å²) in [6, 6.07) is 7.09. The van der Waals surface area contributed by atoms with Crippen molar-refractivity contribution in [1.82, 2.24) is 20.1 Å². The summed E-state index contributed by atoms with van der Waals surface area (Å²) < 4.78 is 53.3. The number of carbonyl (C=O) groups is 2. The molecule has 2 aromatic heterocycles. The van der Waals surface area contributed by atoms with Crippen LogP contribution in [0.5, 0.6) is 0 Å². The second kappa shape index (κ2) is 8.62. The number of likely N-dealkylation sites (tertiary alicyclic amines) is 1. The van der Waals surface area contributed by atoms with Crippen molar-refractivity contribution >= 4 is 17.5 Å². The van der Waals surface area contributed by atoms with E-state index >= 15 is 0 Å². The lowest BCUT2D eigenvalue weighted by Gasteiger charge is -2.16. The molecule has 4 rings (SSSR count). The first-order chi connectivity index (χ1) is 16.0. The number of amides is 2. The highest BCUT2D eigenvalue weighted by molar-refractivity contribution is 5.96. The number of aryl methyl sites for hydroxylation is 2. The summed E-state index contributed by atoms with van der Waals surface area (Å²) >= 11 is 0. The number of anilines is 1. The van der Waals surface area contributed by atoms with Crippen molar-refractivity contribution in [2.45, 2.75) is 26.9 Å². The van der Waals surface area contributed by atoms with Gasteiger partial charge in [-0.05, 0) is 55.7 Å². The lowest BCUT2D eigenvalue weighted by Crippen LogP contribution is -2.31. The van der Waals surface area contributed by atoms with E-state index in [9.17, 15) is 27.2 Å². The van der Waals surface area contributed by atoms with E-state index in [1.54, 1.807) is 6.92 Å². The van der Waals surface area contributed by atoms with E-state index in [0.717, 1.165) is 0 Å². The van der Waals surface area contributed by atoms with Gasteiger partial charge in [0.25, 0.3) is 5.91 Å². The Labute approximate surface area is 192 Å². The number of aromatic amines is 2. The van der Waals surface area contributed by atoms with Crippen LogP contribution in [0.4, 0.5) is 23.2 Å². The Bertz CT molecular complexity index is 1250. The molecule has 3 N–H and O–H groups in total. The monoisotopic (exact) mass is 477 g/mol. The quantitative estimate of drug-likeness (QED) is 0.482. The van der Waals surface area contributed by atoms with Crippen LogP contribution >= 0.6 is 0 Å². The van der Waals surface area contributed by atoms with Gasteiger partial charge in [0.1, 0.15) is 11.5 Å². The highest BCUT2D eigenvalue weighted by atomic mass is 19.4. The van der Waals surface area contributed by atoms with Gasteiger partial charge in [0, 0.05) is 24.5 Å². The van der Waals surface area contributed by atoms with Gasteiger partial charge < -0.3 is 15.2 Å². The molecule has 34 heavy (non-hydrogen) atoms. The molecule has 1 fully saturated rings. The smallest absolute Gasteiger partial charge is 0.350 e. The lowest BCUT2D eigenvalue weighted by molar-refractivity contribution is -0.140. The van der Waals surface area contributed by atoms with E-state index in [1.807, 2.05) is 6.92 Å². The van der Waals surface area contributed by atoms with E-state index < -0.39 is 23.7 Å². The fraction of sp³-hybridized carbons (Fsp3) is 0.348. The molecule has 2 amide bonds. The summed E-state index contributed by atoms with van der Waals surface area (Å²) in [6.07, 6.45) is -4.65. The van der Waals surface area contributed by atoms with Crippen molar-refractivity contribution in [1.29, 1.82) is 0 Å². The molecule has 0 bridgehead atoms. The number of carbonyl (C=O) groups excluding carboxylic acids is 2. The van der Waals surface area contributed by atoms with Crippen LogP contribution < -0.4 is 5.32 Å². The van der Waals surface area contributed by atoms with Gasteiger partial charge in [0.05, 0.1) is 17.2 Å². The highest BCUT2D eigenvalue weighted by Gasteiger charge is 2.39. The molecular formula is C23H23F4N5O2. The maximum absolute atomic E-state index is 13.5. The Morgan fingerprint density at radius 2 is 1.88 bits per heavy atom. The largest absolute Gasteiger partial charge is 0.435 e. The number of hydrogen-bond donors (Lipinski definition) is 3. The molecule has 0 unspecified atom stereocenters. The molecular weight excluding hydrogens is 454 g/mol. The second-order valence-electron chi connectivity index (χ2n) is 8.60. The molecule has 1 saturated heterocycles. The summed E-state index contributed by atoms with van der Waals surface area (Å²) in [7, 11) is 0. The average Bonchev–Trinajstić information content (AvgIpc) is 3.47. The van der Waals surface area contributed by atoms with Crippen LogP contribution in [-0.2, 0) is 11.0 Å². The first-order valence-corrected chi connectivity index (χ1v) is 10.6. The van der Waals surface area contributed by atoms with Crippen LogP contribution in [0.2, 0.25) is 0 Å². The topological polar surface area (TPSA) is 93.9 Å². The zero-order chi connectivity index (χ0) is 24.8. The molecule has 3 heterocycles. The minimum absolute atomic E-state index is 0.117. The number of hydrogen-bond acceptors (Lipinski definition) is 3. The predicted octanol–water partition coefficient (Wildman–Crippen LogP) is 4.53. The Morgan fingerprint density at radius 3 is 2.56 bits per heavy atom. The number of benzene rings is 1. The molecule has 2 atom stereocenters. The van der Waals surface area contributed by atoms with Gasteiger partial charge in [-0.1, -0.05) is 6.92 Å². The lowest BCUT2D eigenvalue weighted by atomic mass is 9.97. The first kappa shape index (κ1) is 23.5. The van der Waals surface area contributed by atoms with Gasteiger partial charge in [0.2, 0.25) is 5.91 Å². The Kier molecular flexibility index (Phi) is 5.96. The Morgan fingerprint density at radius 1 is 1.15 bits per heavy atom. The summed E-state index contributed by atoms with van der Waals surface area (Å²) in [4.78, 5) is 30.1. The number of H-pyrrole nitrogens is 2. The molecule has 0 aliphatic carbocycles. The Balaban J connectivity index is 1.48. The number of rotatable bonds is 4. The molecule has 1 aromatic carbocycles. The van der Waals surface area contributed by atoms with Crippen LogP contribution in [0.1, 0.15) is 34.4 Å². The number of halogens is 4. The second-order valence-corrected chi connectivity index (χ2v) is 8.60. The van der Waals surface area contributed by atoms with Gasteiger partial charge >= 0.3 is 6.18 Å². The fourth-order valence-electron chi connectivity index (χ4n) is 4.23. The zero-order valence-electron chi connectivity index (χ0n) is 18.7. The van der Waals surface area contributed by atoms with Crippen molar-refractivity contribution in [2.24, 2.45) is 11.8 Å². The maximum Gasteiger partial charge on any atom is 0.435 e. The molecule has 11 heteroatoms. The summed E-state index contributed by atoms with van der Waals surface area (Å²) in [5.74, 6) is -1.71. The van der Waals surface area contributed by atoms with E-state index in [-0.39, 0.29) is 46.8 Å². The van der Waals surface area contributed by atoms with Crippen LogP contribution in [0.15, 0.2) is 30.3 Å². The molecule has 180 valence electrons. The van der Waals surface area contributed by atoms with Crippen LogP contribution in [0.25, 0.3) is 11.3 Å². The standard InChI is InChI=1S/C23H23F4N5O2/c1-11-8-14(4-5-16(11)24)28-21(33)15-10-32(9-12(15)2)22(34)18-7-6-17(29-18)19-13(3)30-31-20(19)23(25,26)27/h4-8,12,15,29H,9-10H2,1-3H3,(H,28,33)(H,30,31)/t12-,15+/m0/s1. The number of alkyl halides is 3. The molecule has 3 aromatic rings. The summed E-state index contributed by atoms with van der Waals surface area (Å²) in [6.45, 7) is 5.37. The van der Waals surface area contributed by atoms with Crippen LogP contribution in [0, 0.1) is 31.5 Å². The molecule has 7 nitrogen and oxygen atoms in total. The highest BCUT2D eigenvalue weighted by Crippen LogP contribution is 2.37. The van der Waals surface area contributed by atoms with Crippen molar-refractivity contribution in [3.63, 3.8) is 0 Å². The zero-order valence-corrected chi connectivity index (χ0v) is 18.7. The van der Waals surface area contributed by atoms with Gasteiger partial charge in [-0.25, -0.2) is 4.39 Å². The molecule has 0 spiro atoms. The average molecular weight is 477 g/mol. The number of aromatic nitrogens is 3. The third-order valence-electron chi connectivity index (χ3n) is 6.06. The van der Waals surface area contributed by atoms with Gasteiger partial charge in [-0.2, -0.15) is 18.3 Å². The normalized spacial score (nSPS) is 18.4. The molecule has 1 aliphatic heterocycles. The number of nitrogens with zero attached hydrogens (tertiary/aromatic N) is 2. The maximum atomic E-state index is 13.5. The first-order valence-electron chi connectivity index (χ1n) is 10.6.